The number of likely N-dealkylation sites (tertiary alicyclic amines) is 1. The average molecular weight is 511 g/mol. The van der Waals surface area contributed by atoms with Crippen molar-refractivity contribution in [1.82, 2.24) is 9.88 Å². The molecule has 9 heteroatoms. The van der Waals surface area contributed by atoms with Gasteiger partial charge in [0, 0.05) is 18.4 Å². The van der Waals surface area contributed by atoms with Gasteiger partial charge in [-0.05, 0) is 41.3 Å². The molecule has 0 saturated carbocycles. The second kappa shape index (κ2) is 10.3. The summed E-state index contributed by atoms with van der Waals surface area (Å²) >= 11 is 0. The SMILES string of the molecule is CC(C)(C)c1ccccc1OC1CN(C(=O)CCC(=O)CS(=O)(=O)c2ccc(-c3cnco3)cc2)C1. The fourth-order valence-electron chi connectivity index (χ4n) is 4.04. The number of oxazole rings is 1. The molecule has 4 rings (SSSR count). The molecule has 0 N–H and O–H groups in total. The molecule has 1 amide bonds. The molecule has 0 bridgehead atoms. The fourth-order valence-corrected chi connectivity index (χ4v) is 5.33. The Morgan fingerprint density at radius 3 is 2.39 bits per heavy atom. The van der Waals surface area contributed by atoms with Gasteiger partial charge in [0.25, 0.3) is 0 Å². The number of hydrogen-bond donors (Lipinski definition) is 0. The Kier molecular flexibility index (Phi) is 7.31. The summed E-state index contributed by atoms with van der Waals surface area (Å²) in [5.74, 6) is 0.0233. The predicted octanol–water partition coefficient (Wildman–Crippen LogP) is 4.05. The third-order valence-electron chi connectivity index (χ3n) is 6.09. The van der Waals surface area contributed by atoms with Crippen molar-refractivity contribution in [2.45, 2.75) is 50.0 Å². The van der Waals surface area contributed by atoms with Crippen LogP contribution in [0.15, 0.2) is 70.4 Å². The number of para-hydroxylation sites is 1. The van der Waals surface area contributed by atoms with Gasteiger partial charge in [-0.15, -0.1) is 0 Å². The molecule has 0 aliphatic carbocycles. The summed E-state index contributed by atoms with van der Waals surface area (Å²) in [6.07, 6.45) is 2.57. The van der Waals surface area contributed by atoms with E-state index in [1.54, 1.807) is 17.0 Å². The van der Waals surface area contributed by atoms with Crippen LogP contribution in [0.5, 0.6) is 5.75 Å². The predicted molar refractivity (Wildman–Crippen MR) is 134 cm³/mol. The van der Waals surface area contributed by atoms with Crippen LogP contribution < -0.4 is 4.74 Å². The van der Waals surface area contributed by atoms with Gasteiger partial charge in [0.1, 0.15) is 23.4 Å². The lowest BCUT2D eigenvalue weighted by molar-refractivity contribution is -0.141. The van der Waals surface area contributed by atoms with Gasteiger partial charge in [0.15, 0.2) is 22.0 Å². The third kappa shape index (κ3) is 6.02. The molecule has 190 valence electrons. The second-order valence-corrected chi connectivity index (χ2v) is 12.0. The summed E-state index contributed by atoms with van der Waals surface area (Å²) < 4.78 is 36.6. The number of nitrogens with zero attached hydrogens (tertiary/aromatic N) is 2. The van der Waals surface area contributed by atoms with Gasteiger partial charge < -0.3 is 14.1 Å². The first-order chi connectivity index (χ1) is 17.0. The quantitative estimate of drug-likeness (QED) is 0.427. The Labute approximate surface area is 211 Å². The van der Waals surface area contributed by atoms with E-state index >= 15 is 0 Å². The minimum atomic E-state index is -3.81. The molecule has 2 aromatic carbocycles. The Hall–Kier alpha value is -3.46. The van der Waals surface area contributed by atoms with Crippen molar-refractivity contribution >= 4 is 21.5 Å². The standard InChI is InChI=1S/C27H30N2O6S/c1-27(2,3)23-6-4-5-7-24(23)35-21-15-29(16-21)26(31)13-10-20(30)17-36(32,33)22-11-8-19(9-12-22)25-14-28-18-34-25/h4-9,11-12,14,18,21H,10,13,15-17H2,1-3H3. The molecule has 36 heavy (non-hydrogen) atoms. The van der Waals surface area contributed by atoms with Crippen molar-refractivity contribution in [2.75, 3.05) is 18.8 Å². The van der Waals surface area contributed by atoms with Crippen LogP contribution in [0.1, 0.15) is 39.2 Å². The molecule has 1 saturated heterocycles. The zero-order valence-electron chi connectivity index (χ0n) is 20.6. The van der Waals surface area contributed by atoms with Crippen LogP contribution in [0, 0.1) is 0 Å². The molecule has 2 heterocycles. The number of amides is 1. The highest BCUT2D eigenvalue weighted by molar-refractivity contribution is 7.92. The van der Waals surface area contributed by atoms with E-state index in [0.717, 1.165) is 11.3 Å². The van der Waals surface area contributed by atoms with E-state index in [4.69, 9.17) is 9.15 Å². The van der Waals surface area contributed by atoms with Crippen LogP contribution in [-0.4, -0.2) is 54.9 Å². The van der Waals surface area contributed by atoms with Crippen LogP contribution in [0.2, 0.25) is 0 Å². The number of ether oxygens (including phenoxy) is 1. The monoisotopic (exact) mass is 510 g/mol. The smallest absolute Gasteiger partial charge is 0.223 e. The van der Waals surface area contributed by atoms with Crippen LogP contribution in [0.3, 0.4) is 0 Å². The van der Waals surface area contributed by atoms with Crippen molar-refractivity contribution in [1.29, 1.82) is 0 Å². The van der Waals surface area contributed by atoms with Crippen molar-refractivity contribution < 1.29 is 27.2 Å². The van der Waals surface area contributed by atoms with Crippen molar-refractivity contribution in [2.24, 2.45) is 0 Å². The number of benzene rings is 2. The van der Waals surface area contributed by atoms with Gasteiger partial charge in [-0.2, -0.15) is 0 Å². The van der Waals surface area contributed by atoms with E-state index in [0.29, 0.717) is 24.4 Å². The number of rotatable bonds is 9. The minimum Gasteiger partial charge on any atom is -0.486 e. The third-order valence-corrected chi connectivity index (χ3v) is 7.78. The summed E-state index contributed by atoms with van der Waals surface area (Å²) in [6, 6.07) is 14.0. The Balaban J connectivity index is 1.24. The lowest BCUT2D eigenvalue weighted by Crippen LogP contribution is -2.56. The highest BCUT2D eigenvalue weighted by atomic mass is 32.2. The van der Waals surface area contributed by atoms with E-state index < -0.39 is 21.4 Å². The summed E-state index contributed by atoms with van der Waals surface area (Å²) in [7, 11) is -3.81. The number of ketones is 1. The molecular formula is C27H30N2O6S. The van der Waals surface area contributed by atoms with E-state index in [2.05, 4.69) is 25.8 Å². The maximum absolute atomic E-state index is 12.6. The summed E-state index contributed by atoms with van der Waals surface area (Å²) in [5, 5.41) is 0. The van der Waals surface area contributed by atoms with Gasteiger partial charge in [-0.25, -0.2) is 13.4 Å². The fraction of sp³-hybridized carbons (Fsp3) is 0.370. The summed E-state index contributed by atoms with van der Waals surface area (Å²) in [5.41, 5.74) is 1.73. The highest BCUT2D eigenvalue weighted by Gasteiger charge is 2.33. The zero-order chi connectivity index (χ0) is 25.9. The van der Waals surface area contributed by atoms with Crippen molar-refractivity contribution in [3.05, 3.63) is 66.7 Å². The van der Waals surface area contributed by atoms with E-state index in [-0.39, 0.29) is 35.2 Å². The van der Waals surface area contributed by atoms with Crippen LogP contribution in [-0.2, 0) is 24.8 Å². The maximum Gasteiger partial charge on any atom is 0.223 e. The van der Waals surface area contributed by atoms with Crippen LogP contribution in [0.4, 0.5) is 0 Å². The topological polar surface area (TPSA) is 107 Å². The summed E-state index contributed by atoms with van der Waals surface area (Å²) in [4.78, 5) is 30.4. The molecule has 1 aromatic heterocycles. The molecule has 0 radical (unpaired) electrons. The van der Waals surface area contributed by atoms with Gasteiger partial charge in [-0.3, -0.25) is 9.59 Å². The lowest BCUT2D eigenvalue weighted by Gasteiger charge is -2.40. The molecule has 0 atom stereocenters. The Morgan fingerprint density at radius 2 is 1.75 bits per heavy atom. The molecule has 8 nitrogen and oxygen atoms in total. The number of carbonyl (C=O) groups excluding carboxylic acids is 2. The zero-order valence-corrected chi connectivity index (χ0v) is 21.5. The lowest BCUT2D eigenvalue weighted by atomic mass is 9.86. The van der Waals surface area contributed by atoms with Gasteiger partial charge in [-0.1, -0.05) is 39.0 Å². The molecule has 0 unspecified atom stereocenters. The van der Waals surface area contributed by atoms with Gasteiger partial charge in [0.05, 0.1) is 24.2 Å². The first kappa shape index (κ1) is 25.6. The maximum atomic E-state index is 12.6. The average Bonchev–Trinajstić information content (AvgIpc) is 3.34. The van der Waals surface area contributed by atoms with Crippen molar-refractivity contribution in [3.8, 4) is 17.1 Å². The largest absolute Gasteiger partial charge is 0.486 e. The molecule has 1 fully saturated rings. The second-order valence-electron chi connectivity index (χ2n) is 9.97. The minimum absolute atomic E-state index is 0.0237. The normalized spacial score (nSPS) is 14.4. The number of Topliss-reactive ketones (excluding diaryl/α,β-unsaturated/α-hetero) is 1. The van der Waals surface area contributed by atoms with E-state index in [9.17, 15) is 18.0 Å². The van der Waals surface area contributed by atoms with Gasteiger partial charge in [0.2, 0.25) is 5.91 Å². The Morgan fingerprint density at radius 1 is 1.06 bits per heavy atom. The highest BCUT2D eigenvalue weighted by Crippen LogP contribution is 2.32. The van der Waals surface area contributed by atoms with E-state index in [1.807, 2.05) is 24.3 Å². The molecule has 1 aliphatic rings. The molecular weight excluding hydrogens is 480 g/mol. The van der Waals surface area contributed by atoms with Crippen molar-refractivity contribution in [3.63, 3.8) is 0 Å². The molecule has 0 spiro atoms. The Bertz CT molecular complexity index is 1320. The van der Waals surface area contributed by atoms with Crippen LogP contribution in [0.25, 0.3) is 11.3 Å². The summed E-state index contributed by atoms with van der Waals surface area (Å²) in [6.45, 7) is 7.26. The first-order valence-electron chi connectivity index (χ1n) is 11.8. The number of hydrogen-bond acceptors (Lipinski definition) is 7. The molecule has 3 aromatic rings. The van der Waals surface area contributed by atoms with Crippen LogP contribution >= 0.6 is 0 Å². The number of aromatic nitrogens is 1. The number of carbonyl (C=O) groups is 2. The van der Waals surface area contributed by atoms with E-state index in [1.165, 1.54) is 24.7 Å². The number of sulfone groups is 1. The van der Waals surface area contributed by atoms with Gasteiger partial charge >= 0.3 is 0 Å². The molecule has 1 aliphatic heterocycles. The first-order valence-corrected chi connectivity index (χ1v) is 13.5.